The van der Waals surface area contributed by atoms with Gasteiger partial charge in [-0.05, 0) is 37.1 Å². The van der Waals surface area contributed by atoms with E-state index >= 15 is 0 Å². The minimum atomic E-state index is -0.148. The van der Waals surface area contributed by atoms with Crippen molar-refractivity contribution >= 4 is 5.82 Å². The zero-order valence-electron chi connectivity index (χ0n) is 13.7. The fraction of sp³-hybridized carbons (Fsp3) is 0.222. The molecule has 0 atom stereocenters. The third kappa shape index (κ3) is 3.65. The third-order valence-electron chi connectivity index (χ3n) is 3.75. The van der Waals surface area contributed by atoms with Gasteiger partial charge in [-0.25, -0.2) is 9.97 Å². The van der Waals surface area contributed by atoms with Crippen LogP contribution in [-0.2, 0) is 13.0 Å². The van der Waals surface area contributed by atoms with Gasteiger partial charge in [0.15, 0.2) is 0 Å². The monoisotopic (exact) mass is 321 g/mol. The van der Waals surface area contributed by atoms with Gasteiger partial charge in [-0.3, -0.25) is 9.78 Å². The number of hydrogen-bond donors (Lipinski definition) is 2. The van der Waals surface area contributed by atoms with Gasteiger partial charge in [0.1, 0.15) is 11.6 Å². The van der Waals surface area contributed by atoms with Crippen LogP contribution in [0.15, 0.2) is 47.5 Å². The Kier molecular flexibility index (Phi) is 4.65. The van der Waals surface area contributed by atoms with Gasteiger partial charge in [-0.1, -0.05) is 13.0 Å². The zero-order valence-corrected chi connectivity index (χ0v) is 13.7. The number of anilines is 1. The number of nitrogens with zero attached hydrogens (tertiary/aromatic N) is 3. The number of aromatic amines is 1. The summed E-state index contributed by atoms with van der Waals surface area (Å²) in [5.74, 6) is 1.29. The van der Waals surface area contributed by atoms with Crippen LogP contribution < -0.4 is 10.9 Å². The standard InChI is InChI=1S/C18H19N5O/c1-3-14-9-17(24)23-18(22-14)13-6-7-16(20-10-13)21-11-15-12(2)5-4-8-19-15/h4-10H,3,11H2,1-2H3,(H,20,21)(H,22,23,24). The highest BCUT2D eigenvalue weighted by molar-refractivity contribution is 5.55. The van der Waals surface area contributed by atoms with Crippen LogP contribution in [-0.4, -0.2) is 19.9 Å². The molecule has 0 saturated heterocycles. The average Bonchev–Trinajstić information content (AvgIpc) is 2.61. The number of rotatable bonds is 5. The molecule has 122 valence electrons. The maximum atomic E-state index is 11.7. The minimum absolute atomic E-state index is 0.148. The fourth-order valence-electron chi connectivity index (χ4n) is 2.34. The lowest BCUT2D eigenvalue weighted by Gasteiger charge is -2.08. The molecule has 0 aromatic carbocycles. The molecule has 2 N–H and O–H groups in total. The van der Waals surface area contributed by atoms with Crippen molar-refractivity contribution in [1.29, 1.82) is 0 Å². The smallest absolute Gasteiger partial charge is 0.251 e. The van der Waals surface area contributed by atoms with Crippen molar-refractivity contribution in [2.75, 3.05) is 5.32 Å². The molecule has 0 aliphatic rings. The van der Waals surface area contributed by atoms with Crippen LogP contribution >= 0.6 is 0 Å². The molecule has 0 bridgehead atoms. The predicted molar refractivity (Wildman–Crippen MR) is 93.8 cm³/mol. The van der Waals surface area contributed by atoms with Crippen molar-refractivity contribution in [1.82, 2.24) is 19.9 Å². The van der Waals surface area contributed by atoms with E-state index in [0.717, 1.165) is 28.3 Å². The van der Waals surface area contributed by atoms with E-state index in [1.807, 2.05) is 38.1 Å². The number of aryl methyl sites for hydroxylation is 2. The van der Waals surface area contributed by atoms with Gasteiger partial charge in [0.2, 0.25) is 0 Å². The quantitative estimate of drug-likeness (QED) is 0.755. The first-order chi connectivity index (χ1) is 11.7. The van der Waals surface area contributed by atoms with Crippen LogP contribution in [0, 0.1) is 6.92 Å². The topological polar surface area (TPSA) is 83.6 Å². The molecule has 0 fully saturated rings. The Hall–Kier alpha value is -3.02. The van der Waals surface area contributed by atoms with E-state index < -0.39 is 0 Å². The van der Waals surface area contributed by atoms with Crippen molar-refractivity contribution in [3.63, 3.8) is 0 Å². The van der Waals surface area contributed by atoms with Gasteiger partial charge >= 0.3 is 0 Å². The summed E-state index contributed by atoms with van der Waals surface area (Å²) in [5.41, 5.74) is 3.53. The molecule has 24 heavy (non-hydrogen) atoms. The molecule has 0 radical (unpaired) electrons. The van der Waals surface area contributed by atoms with Crippen LogP contribution in [0.4, 0.5) is 5.82 Å². The average molecular weight is 321 g/mol. The second kappa shape index (κ2) is 7.04. The Labute approximate surface area is 140 Å². The molecule has 0 amide bonds. The lowest BCUT2D eigenvalue weighted by atomic mass is 10.2. The van der Waals surface area contributed by atoms with E-state index in [1.54, 1.807) is 12.4 Å². The molecule has 0 saturated carbocycles. The van der Waals surface area contributed by atoms with Crippen LogP contribution in [0.5, 0.6) is 0 Å². The molecule has 3 aromatic rings. The molecular formula is C18H19N5O. The Balaban J connectivity index is 1.75. The number of H-pyrrole nitrogens is 1. The highest BCUT2D eigenvalue weighted by atomic mass is 16.1. The molecule has 3 heterocycles. The van der Waals surface area contributed by atoms with Gasteiger partial charge in [0, 0.05) is 29.7 Å². The van der Waals surface area contributed by atoms with Gasteiger partial charge in [0.05, 0.1) is 12.2 Å². The van der Waals surface area contributed by atoms with Crippen LogP contribution in [0.3, 0.4) is 0 Å². The van der Waals surface area contributed by atoms with E-state index in [9.17, 15) is 4.79 Å². The summed E-state index contributed by atoms with van der Waals surface area (Å²) in [5, 5.41) is 3.25. The Bertz CT molecular complexity index is 886. The molecular weight excluding hydrogens is 302 g/mol. The molecule has 3 rings (SSSR count). The Morgan fingerprint density at radius 3 is 2.79 bits per heavy atom. The lowest BCUT2D eigenvalue weighted by molar-refractivity contribution is 0.983. The normalized spacial score (nSPS) is 10.6. The summed E-state index contributed by atoms with van der Waals surface area (Å²) in [6, 6.07) is 9.22. The maximum absolute atomic E-state index is 11.7. The largest absolute Gasteiger partial charge is 0.364 e. The van der Waals surface area contributed by atoms with Crippen LogP contribution in [0.2, 0.25) is 0 Å². The summed E-state index contributed by atoms with van der Waals surface area (Å²) in [4.78, 5) is 27.6. The first kappa shape index (κ1) is 15.9. The molecule has 3 aromatic heterocycles. The fourth-order valence-corrected chi connectivity index (χ4v) is 2.34. The van der Waals surface area contributed by atoms with E-state index in [0.29, 0.717) is 18.8 Å². The van der Waals surface area contributed by atoms with Crippen LogP contribution in [0.25, 0.3) is 11.4 Å². The molecule has 0 spiro atoms. The van der Waals surface area contributed by atoms with Crippen molar-refractivity contribution in [2.24, 2.45) is 0 Å². The highest BCUT2D eigenvalue weighted by Crippen LogP contribution is 2.15. The second-order valence-electron chi connectivity index (χ2n) is 5.49. The van der Waals surface area contributed by atoms with Crippen molar-refractivity contribution < 1.29 is 0 Å². The number of pyridine rings is 2. The summed E-state index contributed by atoms with van der Waals surface area (Å²) < 4.78 is 0. The minimum Gasteiger partial charge on any atom is -0.364 e. The molecule has 0 aliphatic carbocycles. The zero-order chi connectivity index (χ0) is 16.9. The first-order valence-corrected chi connectivity index (χ1v) is 7.86. The SMILES string of the molecule is CCc1cc(=O)[nH]c(-c2ccc(NCc3ncccc3C)nc2)n1. The molecule has 0 unspecified atom stereocenters. The number of nitrogens with one attached hydrogen (secondary N) is 2. The van der Waals surface area contributed by atoms with E-state index in [1.165, 1.54) is 6.07 Å². The van der Waals surface area contributed by atoms with Gasteiger partial charge in [0.25, 0.3) is 5.56 Å². The molecule has 0 aliphatic heterocycles. The van der Waals surface area contributed by atoms with Gasteiger partial charge in [-0.2, -0.15) is 0 Å². The van der Waals surface area contributed by atoms with E-state index in [4.69, 9.17) is 0 Å². The predicted octanol–water partition coefficient (Wildman–Crippen LogP) is 2.71. The third-order valence-corrected chi connectivity index (χ3v) is 3.75. The van der Waals surface area contributed by atoms with Crippen molar-refractivity contribution in [3.8, 4) is 11.4 Å². The van der Waals surface area contributed by atoms with Gasteiger partial charge in [-0.15, -0.1) is 0 Å². The van der Waals surface area contributed by atoms with Crippen molar-refractivity contribution in [3.05, 3.63) is 70.0 Å². The summed E-state index contributed by atoms with van der Waals surface area (Å²) in [7, 11) is 0. The van der Waals surface area contributed by atoms with E-state index in [-0.39, 0.29) is 5.56 Å². The van der Waals surface area contributed by atoms with Crippen molar-refractivity contribution in [2.45, 2.75) is 26.8 Å². The maximum Gasteiger partial charge on any atom is 0.251 e. The van der Waals surface area contributed by atoms with E-state index in [2.05, 4.69) is 25.3 Å². The molecule has 6 nitrogen and oxygen atoms in total. The lowest BCUT2D eigenvalue weighted by Crippen LogP contribution is -2.10. The molecule has 6 heteroatoms. The Morgan fingerprint density at radius 2 is 2.08 bits per heavy atom. The summed E-state index contributed by atoms with van der Waals surface area (Å²) in [6.45, 7) is 4.61. The summed E-state index contributed by atoms with van der Waals surface area (Å²) >= 11 is 0. The number of hydrogen-bond acceptors (Lipinski definition) is 5. The van der Waals surface area contributed by atoms with Gasteiger partial charge < -0.3 is 10.3 Å². The second-order valence-corrected chi connectivity index (χ2v) is 5.49. The Morgan fingerprint density at radius 1 is 1.21 bits per heavy atom. The first-order valence-electron chi connectivity index (χ1n) is 7.86. The van der Waals surface area contributed by atoms with Crippen LogP contribution in [0.1, 0.15) is 23.9 Å². The highest BCUT2D eigenvalue weighted by Gasteiger charge is 2.05. The summed E-state index contributed by atoms with van der Waals surface area (Å²) in [6.07, 6.45) is 4.20. The number of aromatic nitrogens is 4.